The molecular formula is C22H24O7. The molecule has 0 aromatic heterocycles. The lowest BCUT2D eigenvalue weighted by Gasteiger charge is -2.23. The van der Waals surface area contributed by atoms with E-state index in [2.05, 4.69) is 0 Å². The van der Waals surface area contributed by atoms with Crippen molar-refractivity contribution in [3.8, 4) is 23.0 Å². The van der Waals surface area contributed by atoms with Crippen molar-refractivity contribution in [3.05, 3.63) is 52.6 Å². The number of aryl methyl sites for hydroxylation is 1. The predicted octanol–water partition coefficient (Wildman–Crippen LogP) is 3.58. The van der Waals surface area contributed by atoms with Crippen LogP contribution in [-0.4, -0.2) is 42.6 Å². The molecule has 0 spiro atoms. The number of aliphatic hydroxyl groups excluding tert-OH is 1. The topological polar surface area (TPSA) is 94.5 Å². The molecule has 0 aliphatic carbocycles. The third-order valence-corrected chi connectivity index (χ3v) is 4.82. The number of phenolic OH excluding ortho intramolecular Hbond substituents is 1. The third kappa shape index (κ3) is 4.06. The van der Waals surface area contributed by atoms with E-state index < -0.39 is 11.6 Å². The van der Waals surface area contributed by atoms with Crippen LogP contribution in [0.2, 0.25) is 0 Å². The standard InChI is InChI=1S/C22H24O7/c1-13-9-15-11-28-21(25)18-17(29-19(15)16(24)10-13)6-5-14(20(18)26-3)7-8-22(2,12-23)27-4/h5-10,23-24H,11-12H2,1-4H3/b8-7+/t22-/m1/s1. The smallest absolute Gasteiger partial charge is 0.346 e. The quantitative estimate of drug-likeness (QED) is 0.741. The number of hydrogen-bond donors (Lipinski definition) is 2. The summed E-state index contributed by atoms with van der Waals surface area (Å²) in [6, 6.07) is 6.69. The summed E-state index contributed by atoms with van der Waals surface area (Å²) >= 11 is 0. The van der Waals surface area contributed by atoms with Crippen molar-refractivity contribution in [2.24, 2.45) is 0 Å². The molecule has 1 heterocycles. The summed E-state index contributed by atoms with van der Waals surface area (Å²) < 4.78 is 22.1. The molecule has 0 saturated carbocycles. The number of carbonyl (C=O) groups excluding carboxylic acids is 1. The van der Waals surface area contributed by atoms with Crippen molar-refractivity contribution in [1.29, 1.82) is 0 Å². The van der Waals surface area contributed by atoms with Crippen LogP contribution in [0, 0.1) is 6.92 Å². The fraction of sp³-hybridized carbons (Fsp3) is 0.318. The number of carbonyl (C=O) groups is 1. The van der Waals surface area contributed by atoms with E-state index in [0.717, 1.165) is 5.56 Å². The molecule has 0 fully saturated rings. The van der Waals surface area contributed by atoms with Gasteiger partial charge in [0.1, 0.15) is 29.3 Å². The number of fused-ring (bicyclic) bond motifs is 2. The van der Waals surface area contributed by atoms with Gasteiger partial charge in [0.25, 0.3) is 0 Å². The Labute approximate surface area is 169 Å². The van der Waals surface area contributed by atoms with Crippen LogP contribution in [0.5, 0.6) is 23.0 Å². The van der Waals surface area contributed by atoms with Crippen LogP contribution in [0.25, 0.3) is 6.08 Å². The molecule has 3 rings (SSSR count). The van der Waals surface area contributed by atoms with Crippen molar-refractivity contribution in [2.75, 3.05) is 20.8 Å². The lowest BCUT2D eigenvalue weighted by Crippen LogP contribution is -2.28. The van der Waals surface area contributed by atoms with Crippen molar-refractivity contribution in [2.45, 2.75) is 26.1 Å². The van der Waals surface area contributed by atoms with Gasteiger partial charge in [0.05, 0.1) is 13.7 Å². The van der Waals surface area contributed by atoms with Gasteiger partial charge in [0, 0.05) is 18.2 Å². The zero-order chi connectivity index (χ0) is 21.2. The molecule has 1 aliphatic heterocycles. The molecule has 0 saturated heterocycles. The number of methoxy groups -OCH3 is 2. The molecule has 0 unspecified atom stereocenters. The number of benzene rings is 2. The zero-order valence-corrected chi connectivity index (χ0v) is 16.8. The molecular weight excluding hydrogens is 376 g/mol. The van der Waals surface area contributed by atoms with Crippen LogP contribution >= 0.6 is 0 Å². The van der Waals surface area contributed by atoms with Gasteiger partial charge in [-0.1, -0.05) is 12.2 Å². The maximum atomic E-state index is 12.7. The van der Waals surface area contributed by atoms with Gasteiger partial charge in [0.2, 0.25) is 0 Å². The number of ether oxygens (including phenoxy) is 4. The number of phenols is 1. The molecule has 0 amide bonds. The van der Waals surface area contributed by atoms with E-state index in [1.54, 1.807) is 43.3 Å². The lowest BCUT2D eigenvalue weighted by atomic mass is 10.0. The first-order chi connectivity index (χ1) is 13.8. The molecule has 154 valence electrons. The highest BCUT2D eigenvalue weighted by molar-refractivity contribution is 5.97. The number of hydrogen-bond acceptors (Lipinski definition) is 7. The number of cyclic esters (lactones) is 1. The van der Waals surface area contributed by atoms with Gasteiger partial charge >= 0.3 is 5.97 Å². The van der Waals surface area contributed by atoms with Gasteiger partial charge in [-0.15, -0.1) is 0 Å². The van der Waals surface area contributed by atoms with E-state index in [1.165, 1.54) is 14.2 Å². The molecule has 7 heteroatoms. The monoisotopic (exact) mass is 400 g/mol. The Hall–Kier alpha value is -3.03. The van der Waals surface area contributed by atoms with E-state index in [1.807, 2.05) is 6.92 Å². The lowest BCUT2D eigenvalue weighted by molar-refractivity contribution is 0.00103. The Morgan fingerprint density at radius 1 is 1.28 bits per heavy atom. The maximum Gasteiger partial charge on any atom is 0.346 e. The fourth-order valence-corrected chi connectivity index (χ4v) is 3.04. The molecule has 2 aromatic carbocycles. The van der Waals surface area contributed by atoms with E-state index in [9.17, 15) is 15.0 Å². The Morgan fingerprint density at radius 3 is 2.69 bits per heavy atom. The molecule has 0 bridgehead atoms. The average Bonchev–Trinajstić information content (AvgIpc) is 2.71. The van der Waals surface area contributed by atoms with Gasteiger partial charge in [-0.2, -0.15) is 0 Å². The fourth-order valence-electron chi connectivity index (χ4n) is 3.04. The van der Waals surface area contributed by atoms with E-state index in [4.69, 9.17) is 18.9 Å². The second-order valence-electron chi connectivity index (χ2n) is 7.02. The summed E-state index contributed by atoms with van der Waals surface area (Å²) in [6.07, 6.45) is 3.37. The number of aromatic hydroxyl groups is 1. The summed E-state index contributed by atoms with van der Waals surface area (Å²) in [5, 5.41) is 19.8. The summed E-state index contributed by atoms with van der Waals surface area (Å²) in [5.74, 6) is 0.0685. The van der Waals surface area contributed by atoms with E-state index >= 15 is 0 Å². The number of esters is 1. The summed E-state index contributed by atoms with van der Waals surface area (Å²) in [5.41, 5.74) is 1.21. The summed E-state index contributed by atoms with van der Waals surface area (Å²) in [4.78, 5) is 12.7. The van der Waals surface area contributed by atoms with Crippen LogP contribution in [-0.2, 0) is 16.1 Å². The SMILES string of the molecule is COc1c(/C=C/[C@](C)(CO)OC)ccc2c1C(=O)OCc1cc(C)cc(O)c1O2. The van der Waals surface area contributed by atoms with Gasteiger partial charge < -0.3 is 29.2 Å². The van der Waals surface area contributed by atoms with Gasteiger partial charge in [-0.05, 0) is 43.7 Å². The van der Waals surface area contributed by atoms with Crippen molar-refractivity contribution >= 4 is 12.0 Å². The van der Waals surface area contributed by atoms with E-state index in [0.29, 0.717) is 11.1 Å². The molecule has 0 radical (unpaired) electrons. The summed E-state index contributed by atoms with van der Waals surface area (Å²) in [6.45, 7) is 3.30. The van der Waals surface area contributed by atoms with Crippen LogP contribution in [0.3, 0.4) is 0 Å². The highest BCUT2D eigenvalue weighted by Gasteiger charge is 2.28. The highest BCUT2D eigenvalue weighted by atomic mass is 16.5. The number of aliphatic hydroxyl groups is 1. The van der Waals surface area contributed by atoms with Crippen LogP contribution in [0.4, 0.5) is 0 Å². The number of rotatable bonds is 5. The van der Waals surface area contributed by atoms with E-state index in [-0.39, 0.29) is 41.8 Å². The maximum absolute atomic E-state index is 12.7. The Bertz CT molecular complexity index is 958. The third-order valence-electron chi connectivity index (χ3n) is 4.82. The average molecular weight is 400 g/mol. The van der Waals surface area contributed by atoms with Crippen molar-refractivity contribution in [1.82, 2.24) is 0 Å². The van der Waals surface area contributed by atoms with Gasteiger partial charge in [-0.25, -0.2) is 4.79 Å². The van der Waals surface area contributed by atoms with Crippen molar-refractivity contribution < 1.29 is 34.0 Å². The second kappa shape index (κ2) is 8.14. The normalized spacial score (nSPS) is 15.4. The van der Waals surface area contributed by atoms with Gasteiger partial charge in [0.15, 0.2) is 11.5 Å². The minimum Gasteiger partial charge on any atom is -0.504 e. The summed E-state index contributed by atoms with van der Waals surface area (Å²) in [7, 11) is 2.94. The largest absolute Gasteiger partial charge is 0.504 e. The van der Waals surface area contributed by atoms with Crippen LogP contribution < -0.4 is 9.47 Å². The Morgan fingerprint density at radius 2 is 2.03 bits per heavy atom. The van der Waals surface area contributed by atoms with Crippen molar-refractivity contribution in [3.63, 3.8) is 0 Å². The predicted molar refractivity (Wildman–Crippen MR) is 107 cm³/mol. The van der Waals surface area contributed by atoms with Crippen LogP contribution in [0.1, 0.15) is 34.0 Å². The molecule has 7 nitrogen and oxygen atoms in total. The molecule has 29 heavy (non-hydrogen) atoms. The minimum absolute atomic E-state index is 0.0364. The molecule has 2 N–H and O–H groups in total. The first-order valence-electron chi connectivity index (χ1n) is 9.05. The minimum atomic E-state index is -0.880. The second-order valence-corrected chi connectivity index (χ2v) is 7.02. The highest BCUT2D eigenvalue weighted by Crippen LogP contribution is 2.42. The molecule has 2 aromatic rings. The first-order valence-corrected chi connectivity index (χ1v) is 9.05. The Balaban J connectivity index is 2.11. The zero-order valence-electron chi connectivity index (χ0n) is 16.8. The van der Waals surface area contributed by atoms with Crippen LogP contribution in [0.15, 0.2) is 30.3 Å². The van der Waals surface area contributed by atoms with Gasteiger partial charge in [-0.3, -0.25) is 0 Å². The Kier molecular flexibility index (Phi) is 5.81. The first kappa shape index (κ1) is 20.7. The molecule has 1 aliphatic rings. The molecule has 1 atom stereocenters.